The van der Waals surface area contributed by atoms with Crippen LogP contribution < -0.4 is 5.73 Å². The van der Waals surface area contributed by atoms with Crippen LogP contribution in [0.3, 0.4) is 0 Å². The molecule has 0 unspecified atom stereocenters. The third-order valence-corrected chi connectivity index (χ3v) is 4.62. The number of benzene rings is 1. The summed E-state index contributed by atoms with van der Waals surface area (Å²) in [6.45, 7) is 0. The highest BCUT2D eigenvalue weighted by molar-refractivity contribution is 8.00. The molecule has 3 N–H and O–H groups in total. The van der Waals surface area contributed by atoms with Crippen molar-refractivity contribution in [2.24, 2.45) is 5.73 Å². The molecule has 0 aliphatic heterocycles. The summed E-state index contributed by atoms with van der Waals surface area (Å²) in [5.41, 5.74) is 7.21. The highest BCUT2D eigenvalue weighted by Crippen LogP contribution is 2.27. The van der Waals surface area contributed by atoms with Crippen molar-refractivity contribution in [3.05, 3.63) is 46.5 Å². The van der Waals surface area contributed by atoms with Gasteiger partial charge in [0.25, 0.3) is 0 Å². The van der Waals surface area contributed by atoms with Gasteiger partial charge in [0, 0.05) is 16.7 Å². The summed E-state index contributed by atoms with van der Waals surface area (Å²) < 4.78 is 0.778. The van der Waals surface area contributed by atoms with Crippen LogP contribution in [-0.4, -0.2) is 22.0 Å². The van der Waals surface area contributed by atoms with Gasteiger partial charge in [-0.05, 0) is 11.6 Å². The molecule has 0 bridgehead atoms. The van der Waals surface area contributed by atoms with Crippen LogP contribution in [0.2, 0.25) is 0 Å². The van der Waals surface area contributed by atoms with Gasteiger partial charge in [-0.15, -0.1) is 11.3 Å². The molecule has 1 amide bonds. The molecule has 0 fully saturated rings. The Balaban J connectivity index is 2.04. The van der Waals surface area contributed by atoms with Crippen LogP contribution in [0.25, 0.3) is 0 Å². The summed E-state index contributed by atoms with van der Waals surface area (Å²) in [6.07, 6.45) is -0.0745. The van der Waals surface area contributed by atoms with E-state index < -0.39 is 11.9 Å². The third kappa shape index (κ3) is 3.82. The minimum absolute atomic E-state index is 0.0745. The summed E-state index contributed by atoms with van der Waals surface area (Å²) >= 11 is 2.86. The van der Waals surface area contributed by atoms with E-state index in [1.54, 1.807) is 17.5 Å². The smallest absolute Gasteiger partial charge is 0.309 e. The molecule has 20 heavy (non-hydrogen) atoms. The Morgan fingerprint density at radius 3 is 2.80 bits per heavy atom. The Bertz CT molecular complexity index is 640. The number of thiazole rings is 1. The molecule has 5 nitrogen and oxygen atoms in total. The Hall–Kier alpha value is -1.86. The van der Waals surface area contributed by atoms with E-state index in [0.717, 1.165) is 9.90 Å². The first-order valence-corrected chi connectivity index (χ1v) is 7.59. The maximum Gasteiger partial charge on any atom is 0.309 e. The molecule has 0 atom stereocenters. The molecular weight excluding hydrogens is 296 g/mol. The first-order chi connectivity index (χ1) is 9.56. The molecule has 2 rings (SSSR count). The Labute approximate surface area is 123 Å². The van der Waals surface area contributed by atoms with Crippen LogP contribution in [0, 0.1) is 0 Å². The molecule has 0 radical (unpaired) electrons. The van der Waals surface area contributed by atoms with Crippen molar-refractivity contribution >= 4 is 35.0 Å². The normalized spacial score (nSPS) is 10.4. The molecule has 7 heteroatoms. The Kier molecular flexibility index (Phi) is 4.75. The molecule has 1 aromatic carbocycles. The Morgan fingerprint density at radius 2 is 2.10 bits per heavy atom. The number of aliphatic carboxylic acids is 1. The van der Waals surface area contributed by atoms with Gasteiger partial charge in [0.15, 0.2) is 0 Å². The van der Waals surface area contributed by atoms with Gasteiger partial charge in [-0.25, -0.2) is 4.98 Å². The number of nitrogens with two attached hydrogens (primary N) is 1. The average Bonchev–Trinajstić information content (AvgIpc) is 2.83. The minimum Gasteiger partial charge on any atom is -0.481 e. The van der Waals surface area contributed by atoms with Crippen LogP contribution in [0.1, 0.15) is 21.6 Å². The zero-order chi connectivity index (χ0) is 14.5. The highest BCUT2D eigenvalue weighted by atomic mass is 32.2. The summed E-state index contributed by atoms with van der Waals surface area (Å²) in [4.78, 5) is 26.1. The number of carboxylic acids is 1. The number of carbonyl (C=O) groups excluding carboxylic acids is 1. The topological polar surface area (TPSA) is 93.3 Å². The number of nitrogens with zero attached hydrogens (tertiary/aromatic N) is 1. The van der Waals surface area contributed by atoms with Gasteiger partial charge in [-0.2, -0.15) is 0 Å². The number of thioether (sulfide) groups is 1. The predicted molar refractivity (Wildman–Crippen MR) is 78.0 cm³/mol. The average molecular weight is 308 g/mol. The molecule has 0 saturated carbocycles. The molecule has 0 aliphatic rings. The summed E-state index contributed by atoms with van der Waals surface area (Å²) in [5.74, 6) is -0.781. The number of amides is 1. The number of aromatic nitrogens is 1. The number of carbonyl (C=O) groups is 2. The lowest BCUT2D eigenvalue weighted by Gasteiger charge is -2.04. The second-order valence-electron chi connectivity index (χ2n) is 3.99. The van der Waals surface area contributed by atoms with E-state index in [2.05, 4.69) is 4.98 Å². The summed E-state index contributed by atoms with van der Waals surface area (Å²) in [6, 6.07) is 7.15. The van der Waals surface area contributed by atoms with Crippen molar-refractivity contribution in [1.82, 2.24) is 4.98 Å². The summed E-state index contributed by atoms with van der Waals surface area (Å²) in [5, 5.41) is 10.4. The van der Waals surface area contributed by atoms with Gasteiger partial charge in [-0.3, -0.25) is 9.59 Å². The van der Waals surface area contributed by atoms with Gasteiger partial charge < -0.3 is 10.8 Å². The van der Waals surface area contributed by atoms with Gasteiger partial charge in [-0.1, -0.05) is 30.0 Å². The molecule has 0 spiro atoms. The van der Waals surface area contributed by atoms with Crippen LogP contribution in [0.4, 0.5) is 0 Å². The largest absolute Gasteiger partial charge is 0.481 e. The van der Waals surface area contributed by atoms with Crippen molar-refractivity contribution in [3.8, 4) is 0 Å². The number of primary amides is 1. The van der Waals surface area contributed by atoms with Crippen molar-refractivity contribution in [2.75, 3.05) is 0 Å². The van der Waals surface area contributed by atoms with E-state index >= 15 is 0 Å². The van der Waals surface area contributed by atoms with Crippen molar-refractivity contribution in [2.45, 2.75) is 16.5 Å². The van der Waals surface area contributed by atoms with E-state index in [1.165, 1.54) is 23.1 Å². The SMILES string of the molecule is NC(=O)c1ccccc1CSc1nc(CC(=O)O)cs1. The first kappa shape index (κ1) is 14.5. The fourth-order valence-electron chi connectivity index (χ4n) is 1.62. The van der Waals surface area contributed by atoms with E-state index in [0.29, 0.717) is 17.0 Å². The zero-order valence-corrected chi connectivity index (χ0v) is 12.0. The van der Waals surface area contributed by atoms with Crippen molar-refractivity contribution in [3.63, 3.8) is 0 Å². The molecule has 0 saturated heterocycles. The number of rotatable bonds is 6. The molecule has 1 heterocycles. The second kappa shape index (κ2) is 6.53. The highest BCUT2D eigenvalue weighted by Gasteiger charge is 2.10. The van der Waals surface area contributed by atoms with Gasteiger partial charge in [0.2, 0.25) is 5.91 Å². The number of hydrogen-bond acceptors (Lipinski definition) is 5. The van der Waals surface area contributed by atoms with Gasteiger partial charge >= 0.3 is 5.97 Å². The summed E-state index contributed by atoms with van der Waals surface area (Å²) in [7, 11) is 0. The maximum atomic E-state index is 11.3. The van der Waals surface area contributed by atoms with E-state index in [1.807, 2.05) is 12.1 Å². The lowest BCUT2D eigenvalue weighted by molar-refractivity contribution is -0.136. The number of hydrogen-bond donors (Lipinski definition) is 2. The quantitative estimate of drug-likeness (QED) is 0.798. The van der Waals surface area contributed by atoms with Gasteiger partial charge in [0.1, 0.15) is 4.34 Å². The molecule has 104 valence electrons. The standard InChI is InChI=1S/C13H12N2O3S2/c14-12(18)10-4-2-1-3-8(10)6-19-13-15-9(7-20-13)5-11(16)17/h1-4,7H,5-6H2,(H2,14,18)(H,16,17). The lowest BCUT2D eigenvalue weighted by atomic mass is 10.1. The van der Waals surface area contributed by atoms with Crippen molar-refractivity contribution < 1.29 is 14.7 Å². The second-order valence-corrected chi connectivity index (χ2v) is 6.07. The fourth-order valence-corrected chi connectivity index (χ4v) is 3.47. The monoisotopic (exact) mass is 308 g/mol. The van der Waals surface area contributed by atoms with Crippen LogP contribution in [-0.2, 0) is 17.0 Å². The molecule has 2 aromatic rings. The van der Waals surface area contributed by atoms with Crippen molar-refractivity contribution in [1.29, 1.82) is 0 Å². The maximum absolute atomic E-state index is 11.3. The van der Waals surface area contributed by atoms with Gasteiger partial charge in [0.05, 0.1) is 12.1 Å². The first-order valence-electron chi connectivity index (χ1n) is 5.73. The van der Waals surface area contributed by atoms with E-state index in [4.69, 9.17) is 10.8 Å². The van der Waals surface area contributed by atoms with E-state index in [-0.39, 0.29) is 6.42 Å². The molecule has 0 aliphatic carbocycles. The fraction of sp³-hybridized carbons (Fsp3) is 0.154. The molecular formula is C13H12N2O3S2. The van der Waals surface area contributed by atoms with Crippen LogP contribution >= 0.6 is 23.1 Å². The predicted octanol–water partition coefficient (Wildman–Crippen LogP) is 2.16. The van der Waals surface area contributed by atoms with Crippen LogP contribution in [0.15, 0.2) is 34.0 Å². The minimum atomic E-state index is -0.897. The van der Waals surface area contributed by atoms with Crippen LogP contribution in [0.5, 0.6) is 0 Å². The lowest BCUT2D eigenvalue weighted by Crippen LogP contribution is -2.13. The number of carboxylic acid groups (broad SMARTS) is 1. The van der Waals surface area contributed by atoms with E-state index in [9.17, 15) is 9.59 Å². The molecule has 1 aromatic heterocycles. The third-order valence-electron chi connectivity index (χ3n) is 2.50. The zero-order valence-electron chi connectivity index (χ0n) is 10.4. The Morgan fingerprint density at radius 1 is 1.35 bits per heavy atom.